The zero-order valence-electron chi connectivity index (χ0n) is 16.5. The Morgan fingerprint density at radius 1 is 1.28 bits per heavy atom. The summed E-state index contributed by atoms with van der Waals surface area (Å²) in [6, 6.07) is 13.1. The fourth-order valence-electron chi connectivity index (χ4n) is 2.86. The maximum Gasteiger partial charge on any atom is 0.277 e. The molecule has 2 aromatic carbocycles. The van der Waals surface area contributed by atoms with E-state index in [1.54, 1.807) is 6.07 Å². The van der Waals surface area contributed by atoms with Crippen molar-refractivity contribution >= 4 is 39.0 Å². The molecule has 1 amide bonds. The Hall–Kier alpha value is -2.93. The maximum atomic E-state index is 12.1. The third kappa shape index (κ3) is 5.12. The number of aromatic amines is 1. The summed E-state index contributed by atoms with van der Waals surface area (Å²) in [5.41, 5.74) is 5.27. The van der Waals surface area contributed by atoms with Gasteiger partial charge in [0.2, 0.25) is 0 Å². The monoisotopic (exact) mass is 455 g/mol. The summed E-state index contributed by atoms with van der Waals surface area (Å²) < 4.78 is 6.71. The Morgan fingerprint density at radius 2 is 2.03 bits per heavy atom. The predicted octanol–water partition coefficient (Wildman–Crippen LogP) is 4.25. The average molecular weight is 456 g/mol. The Bertz CT molecular complexity index is 1140. The van der Waals surface area contributed by atoms with E-state index >= 15 is 0 Å². The second-order valence-electron chi connectivity index (χ2n) is 7.02. The molecule has 0 spiro atoms. The molecule has 3 aromatic rings. The van der Waals surface area contributed by atoms with Gasteiger partial charge in [0.1, 0.15) is 5.75 Å². The molecule has 0 unspecified atom stereocenters. The second-order valence-corrected chi connectivity index (χ2v) is 7.87. The molecule has 6 nitrogen and oxygen atoms in total. The molecule has 0 aliphatic heterocycles. The van der Waals surface area contributed by atoms with Crippen molar-refractivity contribution in [1.29, 1.82) is 0 Å². The number of carbonyl (C=O) groups is 1. The number of H-pyrrole nitrogens is 1. The van der Waals surface area contributed by atoms with Crippen molar-refractivity contribution in [1.82, 2.24) is 10.4 Å². The van der Waals surface area contributed by atoms with E-state index < -0.39 is 5.91 Å². The first kappa shape index (κ1) is 20.8. The molecular weight excluding hydrogens is 434 g/mol. The number of nitrogens with one attached hydrogen (secondary N) is 2. The van der Waals surface area contributed by atoms with Crippen LogP contribution in [0.5, 0.6) is 5.75 Å². The number of hydrogen-bond donors (Lipinski definition) is 2. The molecule has 1 heterocycles. The number of hydrazone groups is 1. The number of pyridine rings is 1. The lowest BCUT2D eigenvalue weighted by atomic mass is 10.0. The van der Waals surface area contributed by atoms with E-state index in [1.807, 2.05) is 43.3 Å². The zero-order valence-corrected chi connectivity index (χ0v) is 18.0. The lowest BCUT2D eigenvalue weighted by Crippen LogP contribution is -2.25. The molecule has 2 N–H and O–H groups in total. The van der Waals surface area contributed by atoms with Crippen LogP contribution in [-0.4, -0.2) is 23.7 Å². The number of amides is 1. The van der Waals surface area contributed by atoms with E-state index in [-0.39, 0.29) is 18.1 Å². The molecular formula is C22H22BrN3O3. The summed E-state index contributed by atoms with van der Waals surface area (Å²) in [6.07, 6.45) is 1.33. The summed E-state index contributed by atoms with van der Waals surface area (Å²) in [4.78, 5) is 27.0. The number of carbonyl (C=O) groups excluding carboxylic acids is 1. The quantitative estimate of drug-likeness (QED) is 0.430. The summed E-state index contributed by atoms with van der Waals surface area (Å²) in [6.45, 7) is 5.92. The van der Waals surface area contributed by atoms with Gasteiger partial charge < -0.3 is 9.72 Å². The van der Waals surface area contributed by atoms with E-state index in [0.29, 0.717) is 11.3 Å². The number of ether oxygens (including phenoxy) is 1. The number of fused-ring (bicyclic) bond motifs is 1. The molecule has 7 heteroatoms. The van der Waals surface area contributed by atoms with Crippen LogP contribution in [-0.2, 0) is 4.79 Å². The Labute approximate surface area is 177 Å². The first-order valence-electron chi connectivity index (χ1n) is 9.22. The number of halogens is 1. The summed E-state index contributed by atoms with van der Waals surface area (Å²) in [5.74, 6) is 0.516. The molecule has 0 aliphatic rings. The number of rotatable bonds is 6. The third-order valence-corrected chi connectivity index (χ3v) is 5.30. The van der Waals surface area contributed by atoms with Crippen LogP contribution in [0.4, 0.5) is 0 Å². The third-order valence-electron chi connectivity index (χ3n) is 4.45. The van der Waals surface area contributed by atoms with Crippen LogP contribution in [0.3, 0.4) is 0 Å². The topological polar surface area (TPSA) is 83.5 Å². The number of nitrogens with zero attached hydrogens (tertiary/aromatic N) is 1. The van der Waals surface area contributed by atoms with Crippen molar-refractivity contribution in [2.45, 2.75) is 26.7 Å². The van der Waals surface area contributed by atoms with E-state index in [1.165, 1.54) is 6.21 Å². The van der Waals surface area contributed by atoms with E-state index in [0.717, 1.165) is 26.5 Å². The summed E-state index contributed by atoms with van der Waals surface area (Å²) >= 11 is 3.52. The first-order valence-corrected chi connectivity index (χ1v) is 10.0. The highest BCUT2D eigenvalue weighted by molar-refractivity contribution is 9.10. The van der Waals surface area contributed by atoms with Crippen LogP contribution in [0.25, 0.3) is 10.9 Å². The molecule has 0 aliphatic carbocycles. The molecule has 3 rings (SSSR count). The van der Waals surface area contributed by atoms with E-state index in [2.05, 4.69) is 45.3 Å². The highest BCUT2D eigenvalue weighted by atomic mass is 79.9. The van der Waals surface area contributed by atoms with Crippen molar-refractivity contribution in [3.8, 4) is 5.75 Å². The molecule has 0 radical (unpaired) electrons. The van der Waals surface area contributed by atoms with Crippen LogP contribution in [0.1, 0.15) is 36.5 Å². The van der Waals surface area contributed by atoms with Gasteiger partial charge in [-0.1, -0.05) is 48.0 Å². The normalized spacial score (nSPS) is 11.3. The SMILES string of the molecule is Cc1cc(OCC(=O)N/N=C\c2cc3ccccc3[nH]c2=O)c(C(C)C)cc1Br. The van der Waals surface area contributed by atoms with Crippen molar-refractivity contribution in [2.75, 3.05) is 6.61 Å². The van der Waals surface area contributed by atoms with Crippen molar-refractivity contribution in [3.05, 3.63) is 74.0 Å². The number of para-hydroxylation sites is 1. The maximum absolute atomic E-state index is 12.1. The van der Waals surface area contributed by atoms with Gasteiger partial charge >= 0.3 is 0 Å². The number of aromatic nitrogens is 1. The summed E-state index contributed by atoms with van der Waals surface area (Å²) in [5, 5.41) is 4.76. The van der Waals surface area contributed by atoms with Gasteiger partial charge in [0.15, 0.2) is 6.61 Å². The van der Waals surface area contributed by atoms with Crippen LogP contribution in [0, 0.1) is 6.92 Å². The van der Waals surface area contributed by atoms with Gasteiger partial charge in [0, 0.05) is 9.99 Å². The molecule has 0 saturated carbocycles. The lowest BCUT2D eigenvalue weighted by Gasteiger charge is -2.15. The fourth-order valence-corrected chi connectivity index (χ4v) is 3.22. The molecule has 1 aromatic heterocycles. The Morgan fingerprint density at radius 3 is 2.79 bits per heavy atom. The highest BCUT2D eigenvalue weighted by Gasteiger charge is 2.12. The van der Waals surface area contributed by atoms with Crippen LogP contribution in [0.2, 0.25) is 0 Å². The number of hydrogen-bond acceptors (Lipinski definition) is 4. The van der Waals surface area contributed by atoms with Crippen LogP contribution < -0.4 is 15.7 Å². The second kappa shape index (κ2) is 9.05. The van der Waals surface area contributed by atoms with Crippen molar-refractivity contribution in [3.63, 3.8) is 0 Å². The van der Waals surface area contributed by atoms with Crippen molar-refractivity contribution in [2.24, 2.45) is 5.10 Å². The average Bonchev–Trinajstić information content (AvgIpc) is 2.68. The van der Waals surface area contributed by atoms with Crippen LogP contribution >= 0.6 is 15.9 Å². The largest absolute Gasteiger partial charge is 0.483 e. The van der Waals surface area contributed by atoms with Gasteiger partial charge in [-0.15, -0.1) is 0 Å². The van der Waals surface area contributed by atoms with Gasteiger partial charge in [-0.25, -0.2) is 5.43 Å². The smallest absolute Gasteiger partial charge is 0.277 e. The van der Waals surface area contributed by atoms with Crippen LogP contribution in [0.15, 0.2) is 56.8 Å². The molecule has 150 valence electrons. The van der Waals surface area contributed by atoms with E-state index in [4.69, 9.17) is 4.74 Å². The number of aryl methyl sites for hydroxylation is 1. The van der Waals surface area contributed by atoms with Gasteiger partial charge in [-0.3, -0.25) is 9.59 Å². The van der Waals surface area contributed by atoms with Crippen molar-refractivity contribution < 1.29 is 9.53 Å². The zero-order chi connectivity index (χ0) is 21.0. The Kier molecular flexibility index (Phi) is 6.49. The minimum Gasteiger partial charge on any atom is -0.483 e. The lowest BCUT2D eigenvalue weighted by molar-refractivity contribution is -0.123. The number of benzene rings is 2. The van der Waals surface area contributed by atoms with Gasteiger partial charge in [0.05, 0.1) is 11.8 Å². The standard InChI is InChI=1S/C22H22BrN3O3/c1-13(2)17-10-18(23)14(3)8-20(17)29-12-21(27)26-24-11-16-9-15-6-4-5-7-19(15)25-22(16)28/h4-11,13H,12H2,1-3H3,(H,25,28)(H,26,27)/b24-11-. The minimum atomic E-state index is -0.409. The minimum absolute atomic E-state index is 0.174. The highest BCUT2D eigenvalue weighted by Crippen LogP contribution is 2.32. The molecule has 29 heavy (non-hydrogen) atoms. The Balaban J connectivity index is 1.64. The molecule has 0 bridgehead atoms. The molecule has 0 saturated heterocycles. The fraction of sp³-hybridized carbons (Fsp3) is 0.227. The predicted molar refractivity (Wildman–Crippen MR) is 119 cm³/mol. The van der Waals surface area contributed by atoms with Gasteiger partial charge in [-0.05, 0) is 53.6 Å². The first-order chi connectivity index (χ1) is 13.8. The molecule has 0 fully saturated rings. The van der Waals surface area contributed by atoms with Gasteiger partial charge in [-0.2, -0.15) is 5.10 Å². The van der Waals surface area contributed by atoms with Gasteiger partial charge in [0.25, 0.3) is 11.5 Å². The van der Waals surface area contributed by atoms with E-state index in [9.17, 15) is 9.59 Å². The molecule has 0 atom stereocenters. The summed E-state index contributed by atoms with van der Waals surface area (Å²) in [7, 11) is 0.